The second kappa shape index (κ2) is 4.10. The van der Waals surface area contributed by atoms with Gasteiger partial charge in [-0.1, -0.05) is 55.5 Å². The smallest absolute Gasteiger partial charge is 0.0457 e. The van der Waals surface area contributed by atoms with Gasteiger partial charge in [0.1, 0.15) is 0 Å². The lowest BCUT2D eigenvalue weighted by molar-refractivity contribution is 0.932. The van der Waals surface area contributed by atoms with Crippen molar-refractivity contribution in [2.75, 3.05) is 0 Å². The van der Waals surface area contributed by atoms with Gasteiger partial charge in [0.15, 0.2) is 0 Å². The molecule has 0 bridgehead atoms. The fourth-order valence-corrected chi connectivity index (χ4v) is 2.37. The molecule has 1 aromatic heterocycles. The summed E-state index contributed by atoms with van der Waals surface area (Å²) in [5.74, 6) is 0.423. The molecule has 1 heterocycles. The highest BCUT2D eigenvalue weighted by Crippen LogP contribution is 2.29. The number of hydrogen-bond acceptors (Lipinski definition) is 0. The average molecular weight is 221 g/mol. The zero-order chi connectivity index (χ0) is 11.7. The van der Waals surface area contributed by atoms with Crippen LogP contribution in [0.2, 0.25) is 0 Å². The number of aromatic nitrogens is 1. The molecule has 1 heteroatoms. The lowest BCUT2D eigenvalue weighted by Gasteiger charge is -2.10. The Labute approximate surface area is 101 Å². The number of hydrogen-bond donors (Lipinski definition) is 1. The maximum Gasteiger partial charge on any atom is 0.0457 e. The third kappa shape index (κ3) is 1.74. The number of rotatable bonds is 2. The number of para-hydroxylation sites is 1. The van der Waals surface area contributed by atoms with E-state index in [0.29, 0.717) is 5.92 Å². The van der Waals surface area contributed by atoms with Crippen LogP contribution in [0.25, 0.3) is 10.9 Å². The molecule has 0 aliphatic heterocycles. The van der Waals surface area contributed by atoms with Gasteiger partial charge >= 0.3 is 0 Å². The minimum Gasteiger partial charge on any atom is -0.361 e. The van der Waals surface area contributed by atoms with Crippen LogP contribution in [0.15, 0.2) is 60.8 Å². The zero-order valence-corrected chi connectivity index (χ0v) is 9.85. The summed E-state index contributed by atoms with van der Waals surface area (Å²) in [6, 6.07) is 19.1. The third-order valence-corrected chi connectivity index (χ3v) is 3.39. The molecular weight excluding hydrogens is 206 g/mol. The number of benzene rings is 2. The predicted molar refractivity (Wildman–Crippen MR) is 72.3 cm³/mol. The second-order valence-corrected chi connectivity index (χ2v) is 4.42. The summed E-state index contributed by atoms with van der Waals surface area (Å²) in [4.78, 5) is 3.34. The topological polar surface area (TPSA) is 15.8 Å². The van der Waals surface area contributed by atoms with Gasteiger partial charge in [0.05, 0.1) is 0 Å². The van der Waals surface area contributed by atoms with Crippen molar-refractivity contribution in [3.8, 4) is 0 Å². The SMILES string of the molecule is CC(c1ccccc1)c1c[nH]c2ccccc12. The van der Waals surface area contributed by atoms with E-state index in [1.807, 2.05) is 0 Å². The number of fused-ring (bicyclic) bond motifs is 1. The second-order valence-electron chi connectivity index (χ2n) is 4.42. The maximum absolute atomic E-state index is 3.34. The van der Waals surface area contributed by atoms with Gasteiger partial charge in [-0.3, -0.25) is 0 Å². The molecule has 3 rings (SSSR count). The summed E-state index contributed by atoms with van der Waals surface area (Å²) in [5.41, 5.74) is 3.94. The lowest BCUT2D eigenvalue weighted by atomic mass is 9.93. The minimum atomic E-state index is 0.423. The minimum absolute atomic E-state index is 0.423. The number of H-pyrrole nitrogens is 1. The summed E-state index contributed by atoms with van der Waals surface area (Å²) in [6.45, 7) is 2.25. The molecule has 0 saturated heterocycles. The monoisotopic (exact) mass is 221 g/mol. The van der Waals surface area contributed by atoms with Crippen molar-refractivity contribution in [2.45, 2.75) is 12.8 Å². The summed E-state index contributed by atoms with van der Waals surface area (Å²) in [5, 5.41) is 1.32. The summed E-state index contributed by atoms with van der Waals surface area (Å²) < 4.78 is 0. The first-order chi connectivity index (χ1) is 8.36. The Morgan fingerprint density at radius 3 is 2.41 bits per heavy atom. The molecule has 1 nitrogen and oxygen atoms in total. The van der Waals surface area contributed by atoms with Crippen LogP contribution in [0.4, 0.5) is 0 Å². The quantitative estimate of drug-likeness (QED) is 0.663. The molecule has 2 aromatic carbocycles. The standard InChI is InChI=1S/C16H15N/c1-12(13-7-3-2-4-8-13)15-11-17-16-10-6-5-9-14(15)16/h2-12,17H,1H3. The Morgan fingerprint density at radius 2 is 1.59 bits per heavy atom. The number of aromatic amines is 1. The normalized spacial score (nSPS) is 12.8. The van der Waals surface area contributed by atoms with E-state index >= 15 is 0 Å². The number of nitrogens with one attached hydrogen (secondary N) is 1. The molecule has 0 radical (unpaired) electrons. The van der Waals surface area contributed by atoms with E-state index in [9.17, 15) is 0 Å². The van der Waals surface area contributed by atoms with Crippen molar-refractivity contribution >= 4 is 10.9 Å². The van der Waals surface area contributed by atoms with Crippen LogP contribution in [-0.2, 0) is 0 Å². The van der Waals surface area contributed by atoms with Crippen molar-refractivity contribution in [1.82, 2.24) is 4.98 Å². The van der Waals surface area contributed by atoms with Crippen LogP contribution in [0, 0.1) is 0 Å². The van der Waals surface area contributed by atoms with Gasteiger partial charge in [-0.15, -0.1) is 0 Å². The maximum atomic E-state index is 3.34. The van der Waals surface area contributed by atoms with Crippen LogP contribution >= 0.6 is 0 Å². The van der Waals surface area contributed by atoms with Crippen molar-refractivity contribution in [3.05, 3.63) is 71.9 Å². The molecule has 0 spiro atoms. The molecule has 84 valence electrons. The molecule has 0 saturated carbocycles. The molecular formula is C16H15N. The van der Waals surface area contributed by atoms with Gasteiger partial charge < -0.3 is 4.98 Å². The Hall–Kier alpha value is -2.02. The zero-order valence-electron chi connectivity index (χ0n) is 9.85. The van der Waals surface area contributed by atoms with Gasteiger partial charge in [0.25, 0.3) is 0 Å². The van der Waals surface area contributed by atoms with E-state index in [1.54, 1.807) is 0 Å². The van der Waals surface area contributed by atoms with Gasteiger partial charge in [0, 0.05) is 23.0 Å². The molecule has 17 heavy (non-hydrogen) atoms. The Balaban J connectivity index is 2.10. The van der Waals surface area contributed by atoms with Crippen molar-refractivity contribution in [2.24, 2.45) is 0 Å². The van der Waals surface area contributed by atoms with Gasteiger partial charge in [-0.2, -0.15) is 0 Å². The first-order valence-corrected chi connectivity index (χ1v) is 5.97. The fraction of sp³-hybridized carbons (Fsp3) is 0.125. The Kier molecular flexibility index (Phi) is 2.45. The first kappa shape index (κ1) is 10.2. The molecule has 0 fully saturated rings. The van der Waals surface area contributed by atoms with Crippen molar-refractivity contribution in [3.63, 3.8) is 0 Å². The highest BCUT2D eigenvalue weighted by molar-refractivity contribution is 5.84. The van der Waals surface area contributed by atoms with Gasteiger partial charge in [-0.25, -0.2) is 0 Å². The van der Waals surface area contributed by atoms with Crippen LogP contribution in [0.1, 0.15) is 24.0 Å². The molecule has 0 amide bonds. The van der Waals surface area contributed by atoms with E-state index in [4.69, 9.17) is 0 Å². The summed E-state index contributed by atoms with van der Waals surface area (Å²) in [6.07, 6.45) is 2.13. The predicted octanol–water partition coefficient (Wildman–Crippen LogP) is 4.32. The molecule has 1 N–H and O–H groups in total. The Bertz CT molecular complexity index is 622. The van der Waals surface area contributed by atoms with Crippen molar-refractivity contribution in [1.29, 1.82) is 0 Å². The molecule has 0 aliphatic rings. The van der Waals surface area contributed by atoms with E-state index in [2.05, 4.69) is 72.7 Å². The lowest BCUT2D eigenvalue weighted by Crippen LogP contribution is -1.94. The molecule has 1 atom stereocenters. The highest BCUT2D eigenvalue weighted by atomic mass is 14.7. The van der Waals surface area contributed by atoms with Crippen LogP contribution in [0.3, 0.4) is 0 Å². The van der Waals surface area contributed by atoms with Crippen molar-refractivity contribution < 1.29 is 0 Å². The van der Waals surface area contributed by atoms with Crippen LogP contribution in [0.5, 0.6) is 0 Å². The molecule has 3 aromatic rings. The van der Waals surface area contributed by atoms with Gasteiger partial charge in [0.2, 0.25) is 0 Å². The first-order valence-electron chi connectivity index (χ1n) is 5.97. The molecule has 0 aliphatic carbocycles. The van der Waals surface area contributed by atoms with E-state index in [0.717, 1.165) is 0 Å². The van der Waals surface area contributed by atoms with E-state index in [-0.39, 0.29) is 0 Å². The summed E-state index contributed by atoms with van der Waals surface area (Å²) in [7, 11) is 0. The van der Waals surface area contributed by atoms with Crippen LogP contribution in [-0.4, -0.2) is 4.98 Å². The largest absolute Gasteiger partial charge is 0.361 e. The van der Waals surface area contributed by atoms with E-state index < -0.39 is 0 Å². The molecule has 1 unspecified atom stereocenters. The highest BCUT2D eigenvalue weighted by Gasteiger charge is 2.12. The van der Waals surface area contributed by atoms with Crippen LogP contribution < -0.4 is 0 Å². The third-order valence-electron chi connectivity index (χ3n) is 3.39. The van der Waals surface area contributed by atoms with Gasteiger partial charge in [-0.05, 0) is 17.2 Å². The average Bonchev–Trinajstić information content (AvgIpc) is 2.83. The summed E-state index contributed by atoms with van der Waals surface area (Å²) >= 11 is 0. The fourth-order valence-electron chi connectivity index (χ4n) is 2.37. The van der Waals surface area contributed by atoms with E-state index in [1.165, 1.54) is 22.0 Å². The Morgan fingerprint density at radius 1 is 0.882 bits per heavy atom.